The predicted octanol–water partition coefficient (Wildman–Crippen LogP) is 2.17. The Morgan fingerprint density at radius 2 is 2.16 bits per heavy atom. The van der Waals surface area contributed by atoms with E-state index in [1.54, 1.807) is 7.11 Å². The minimum absolute atomic E-state index is 0.101. The van der Waals surface area contributed by atoms with Crippen LogP contribution >= 0.6 is 11.6 Å². The van der Waals surface area contributed by atoms with E-state index in [0.717, 1.165) is 6.42 Å². The lowest BCUT2D eigenvalue weighted by atomic mass is 10.3. The molecule has 0 amide bonds. The van der Waals surface area contributed by atoms with Crippen molar-refractivity contribution in [3.63, 3.8) is 0 Å². The van der Waals surface area contributed by atoms with Crippen molar-refractivity contribution >= 4 is 21.6 Å². The third kappa shape index (κ3) is 4.14. The van der Waals surface area contributed by atoms with E-state index in [1.807, 2.05) is 13.8 Å². The quantitative estimate of drug-likeness (QED) is 0.724. The van der Waals surface area contributed by atoms with Crippen LogP contribution in [0.1, 0.15) is 20.3 Å². The number of aromatic nitrogens is 1. The van der Waals surface area contributed by atoms with Crippen molar-refractivity contribution in [1.82, 2.24) is 9.29 Å². The van der Waals surface area contributed by atoms with Gasteiger partial charge in [-0.3, -0.25) is 0 Å². The zero-order chi connectivity index (χ0) is 14.5. The first-order chi connectivity index (χ1) is 8.93. The molecule has 19 heavy (non-hydrogen) atoms. The number of rotatable bonds is 7. The van der Waals surface area contributed by atoms with E-state index in [4.69, 9.17) is 16.3 Å². The lowest BCUT2D eigenvalue weighted by Gasteiger charge is -2.27. The molecule has 0 saturated carbocycles. The number of nitrogens with zero attached hydrogens (tertiary/aromatic N) is 2. The summed E-state index contributed by atoms with van der Waals surface area (Å²) in [6, 6.07) is 2.84. The molecule has 1 rings (SSSR count). The van der Waals surface area contributed by atoms with Crippen LogP contribution in [0.2, 0.25) is 5.15 Å². The third-order valence-electron chi connectivity index (χ3n) is 2.91. The van der Waals surface area contributed by atoms with Gasteiger partial charge in [-0.1, -0.05) is 18.5 Å². The SMILES string of the molecule is CCC(C)N(CCOC)S(=O)(=O)c1ccc(Cl)nc1. The molecule has 7 heteroatoms. The molecule has 0 spiro atoms. The average Bonchev–Trinajstić information content (AvgIpc) is 2.39. The highest BCUT2D eigenvalue weighted by atomic mass is 35.5. The molecule has 0 saturated heterocycles. The molecule has 1 aromatic rings. The lowest BCUT2D eigenvalue weighted by molar-refractivity contribution is 0.167. The Labute approximate surface area is 119 Å². The monoisotopic (exact) mass is 306 g/mol. The fourth-order valence-electron chi connectivity index (χ4n) is 1.61. The second-order valence-corrected chi connectivity index (χ2v) is 6.46. The molecule has 0 aromatic carbocycles. The molecule has 1 atom stereocenters. The zero-order valence-electron chi connectivity index (χ0n) is 11.3. The van der Waals surface area contributed by atoms with Gasteiger partial charge in [-0.15, -0.1) is 0 Å². The Kier molecular flexibility index (Phi) is 6.19. The van der Waals surface area contributed by atoms with E-state index in [2.05, 4.69) is 4.98 Å². The van der Waals surface area contributed by atoms with Crippen LogP contribution in [0.25, 0.3) is 0 Å². The van der Waals surface area contributed by atoms with E-state index in [0.29, 0.717) is 13.2 Å². The van der Waals surface area contributed by atoms with Crippen LogP contribution in [0.4, 0.5) is 0 Å². The second-order valence-electron chi connectivity index (χ2n) is 4.18. The lowest BCUT2D eigenvalue weighted by Crippen LogP contribution is -2.40. The molecule has 5 nitrogen and oxygen atoms in total. The van der Waals surface area contributed by atoms with Crippen LogP contribution in [0.15, 0.2) is 23.2 Å². The maximum Gasteiger partial charge on any atom is 0.244 e. The van der Waals surface area contributed by atoms with Crippen molar-refractivity contribution in [2.75, 3.05) is 20.3 Å². The molecule has 0 fully saturated rings. The fraction of sp³-hybridized carbons (Fsp3) is 0.583. The summed E-state index contributed by atoms with van der Waals surface area (Å²) in [4.78, 5) is 3.97. The van der Waals surface area contributed by atoms with Gasteiger partial charge in [0.05, 0.1) is 6.61 Å². The van der Waals surface area contributed by atoms with E-state index in [1.165, 1.54) is 22.6 Å². The molecule has 0 bridgehead atoms. The topological polar surface area (TPSA) is 59.5 Å². The summed E-state index contributed by atoms with van der Waals surface area (Å²) in [5, 5.41) is 0.269. The molecular weight excluding hydrogens is 288 g/mol. The Morgan fingerprint density at radius 3 is 2.63 bits per heavy atom. The van der Waals surface area contributed by atoms with Crippen LogP contribution in [0.3, 0.4) is 0 Å². The van der Waals surface area contributed by atoms with Gasteiger partial charge >= 0.3 is 0 Å². The number of halogens is 1. The van der Waals surface area contributed by atoms with E-state index in [-0.39, 0.29) is 16.1 Å². The van der Waals surface area contributed by atoms with Gasteiger partial charge in [0.2, 0.25) is 10.0 Å². The first kappa shape index (κ1) is 16.4. The number of hydrogen-bond donors (Lipinski definition) is 0. The van der Waals surface area contributed by atoms with Crippen molar-refractivity contribution in [1.29, 1.82) is 0 Å². The van der Waals surface area contributed by atoms with Gasteiger partial charge in [0, 0.05) is 25.9 Å². The smallest absolute Gasteiger partial charge is 0.244 e. The van der Waals surface area contributed by atoms with Crippen molar-refractivity contribution in [2.24, 2.45) is 0 Å². The molecule has 1 heterocycles. The summed E-state index contributed by atoms with van der Waals surface area (Å²) in [5.74, 6) is 0. The number of sulfonamides is 1. The first-order valence-corrected chi connectivity index (χ1v) is 7.87. The molecule has 0 radical (unpaired) electrons. The van der Waals surface area contributed by atoms with Crippen molar-refractivity contribution < 1.29 is 13.2 Å². The van der Waals surface area contributed by atoms with Gasteiger partial charge in [0.1, 0.15) is 10.0 Å². The fourth-order valence-corrected chi connectivity index (χ4v) is 3.36. The second kappa shape index (κ2) is 7.19. The highest BCUT2D eigenvalue weighted by Crippen LogP contribution is 2.19. The normalized spacial score (nSPS) is 13.7. The van der Waals surface area contributed by atoms with Crippen molar-refractivity contribution in [2.45, 2.75) is 31.2 Å². The minimum Gasteiger partial charge on any atom is -0.383 e. The highest BCUT2D eigenvalue weighted by Gasteiger charge is 2.28. The molecule has 1 unspecified atom stereocenters. The number of hydrogen-bond acceptors (Lipinski definition) is 4. The van der Waals surface area contributed by atoms with Gasteiger partial charge in [0.25, 0.3) is 0 Å². The largest absolute Gasteiger partial charge is 0.383 e. The summed E-state index contributed by atoms with van der Waals surface area (Å²) < 4.78 is 31.5. The van der Waals surface area contributed by atoms with E-state index < -0.39 is 10.0 Å². The summed E-state index contributed by atoms with van der Waals surface area (Å²) in [6.45, 7) is 4.48. The van der Waals surface area contributed by atoms with Crippen LogP contribution < -0.4 is 0 Å². The Bertz CT molecular complexity index is 490. The van der Waals surface area contributed by atoms with Gasteiger partial charge in [0.15, 0.2) is 0 Å². The Balaban J connectivity index is 3.07. The first-order valence-electron chi connectivity index (χ1n) is 6.05. The molecule has 0 N–H and O–H groups in total. The van der Waals surface area contributed by atoms with Gasteiger partial charge in [-0.05, 0) is 25.5 Å². The number of methoxy groups -OCH3 is 1. The number of pyridine rings is 1. The summed E-state index contributed by atoms with van der Waals surface area (Å²) in [6.07, 6.45) is 2.00. The minimum atomic E-state index is -3.57. The standard InChI is InChI=1S/C12H19ClN2O3S/c1-4-10(2)15(7-8-18-3)19(16,17)11-5-6-12(13)14-9-11/h5-6,9-10H,4,7-8H2,1-3H3. The summed E-state index contributed by atoms with van der Waals surface area (Å²) in [5.41, 5.74) is 0. The maximum atomic E-state index is 12.5. The zero-order valence-corrected chi connectivity index (χ0v) is 12.9. The van der Waals surface area contributed by atoms with Gasteiger partial charge in [-0.2, -0.15) is 4.31 Å². The molecular formula is C12H19ClN2O3S. The average molecular weight is 307 g/mol. The highest BCUT2D eigenvalue weighted by molar-refractivity contribution is 7.89. The Hall–Kier alpha value is -0.690. The summed E-state index contributed by atoms with van der Waals surface area (Å²) >= 11 is 5.68. The third-order valence-corrected chi connectivity index (χ3v) is 5.13. The molecule has 0 aliphatic heterocycles. The molecule has 0 aliphatic carbocycles. The predicted molar refractivity (Wildman–Crippen MR) is 74.8 cm³/mol. The maximum absolute atomic E-state index is 12.5. The summed E-state index contributed by atoms with van der Waals surface area (Å²) in [7, 11) is -2.02. The molecule has 0 aliphatic rings. The van der Waals surface area contributed by atoms with E-state index >= 15 is 0 Å². The van der Waals surface area contributed by atoms with Crippen LogP contribution in [0, 0.1) is 0 Å². The van der Waals surface area contributed by atoms with Gasteiger partial charge < -0.3 is 4.74 Å². The van der Waals surface area contributed by atoms with Crippen LogP contribution in [0.5, 0.6) is 0 Å². The van der Waals surface area contributed by atoms with Crippen molar-refractivity contribution in [3.05, 3.63) is 23.5 Å². The Morgan fingerprint density at radius 1 is 1.47 bits per heavy atom. The molecule has 108 valence electrons. The van der Waals surface area contributed by atoms with Crippen molar-refractivity contribution in [3.8, 4) is 0 Å². The van der Waals surface area contributed by atoms with Gasteiger partial charge in [-0.25, -0.2) is 13.4 Å². The van der Waals surface area contributed by atoms with E-state index in [9.17, 15) is 8.42 Å². The molecule has 1 aromatic heterocycles. The number of ether oxygens (including phenoxy) is 1. The van der Waals surface area contributed by atoms with Crippen LogP contribution in [-0.2, 0) is 14.8 Å². The van der Waals surface area contributed by atoms with Crippen LogP contribution in [-0.4, -0.2) is 44.0 Å².